The van der Waals surface area contributed by atoms with Crippen molar-refractivity contribution in [2.24, 2.45) is 0 Å². The van der Waals surface area contributed by atoms with Crippen molar-refractivity contribution in [3.63, 3.8) is 0 Å². The van der Waals surface area contributed by atoms with Gasteiger partial charge in [0, 0.05) is 24.2 Å². The topological polar surface area (TPSA) is 80.8 Å². The number of carbonyl (C=O) groups is 2. The summed E-state index contributed by atoms with van der Waals surface area (Å²) in [6.45, 7) is 7.46. The zero-order valence-electron chi connectivity index (χ0n) is 20.8. The Labute approximate surface area is 206 Å². The van der Waals surface area contributed by atoms with Crippen molar-refractivity contribution < 1.29 is 19.1 Å². The molecule has 2 aromatic carbocycles. The molecule has 3 aromatic rings. The molecule has 0 radical (unpaired) electrons. The van der Waals surface area contributed by atoms with Crippen molar-refractivity contribution in [1.82, 2.24) is 4.98 Å². The normalized spacial score (nSPS) is 11.1. The SMILES string of the molecule is CCN(CC)c1c(C)c(N/C(=C/c2ccccc2)C(=O)OC)nc(C(=O)OC)c1-c1ccccc1. The lowest BCUT2D eigenvalue weighted by Gasteiger charge is -2.29. The van der Waals surface area contributed by atoms with Crippen LogP contribution in [-0.2, 0) is 14.3 Å². The van der Waals surface area contributed by atoms with Crippen LogP contribution < -0.4 is 10.2 Å². The minimum atomic E-state index is -0.563. The van der Waals surface area contributed by atoms with Gasteiger partial charge in [0.25, 0.3) is 0 Å². The lowest BCUT2D eigenvalue weighted by molar-refractivity contribution is -0.135. The van der Waals surface area contributed by atoms with Gasteiger partial charge in [0.05, 0.1) is 19.9 Å². The Morgan fingerprint density at radius 2 is 1.54 bits per heavy atom. The van der Waals surface area contributed by atoms with Gasteiger partial charge < -0.3 is 19.7 Å². The number of anilines is 2. The first-order chi connectivity index (χ1) is 16.9. The Kier molecular flexibility index (Phi) is 8.62. The summed E-state index contributed by atoms with van der Waals surface area (Å²) in [5, 5.41) is 3.13. The molecule has 0 bridgehead atoms. The van der Waals surface area contributed by atoms with Crippen LogP contribution in [0.15, 0.2) is 66.4 Å². The molecule has 0 unspecified atom stereocenters. The second-order valence-corrected chi connectivity index (χ2v) is 7.77. The number of esters is 2. The smallest absolute Gasteiger partial charge is 0.357 e. The molecule has 182 valence electrons. The van der Waals surface area contributed by atoms with Crippen molar-refractivity contribution in [3.05, 3.63) is 83.2 Å². The van der Waals surface area contributed by atoms with Gasteiger partial charge in [-0.25, -0.2) is 14.6 Å². The van der Waals surface area contributed by atoms with Crippen LogP contribution >= 0.6 is 0 Å². The molecule has 0 saturated heterocycles. The molecule has 0 fully saturated rings. The third-order valence-electron chi connectivity index (χ3n) is 5.70. The van der Waals surface area contributed by atoms with Gasteiger partial charge in [0.2, 0.25) is 0 Å². The number of nitrogens with zero attached hydrogens (tertiary/aromatic N) is 2. The van der Waals surface area contributed by atoms with Crippen LogP contribution in [-0.4, -0.2) is 44.2 Å². The predicted octanol–water partition coefficient (Wildman–Crippen LogP) is 5.32. The van der Waals surface area contributed by atoms with Gasteiger partial charge in [-0.15, -0.1) is 0 Å². The highest BCUT2D eigenvalue weighted by Crippen LogP contribution is 2.39. The van der Waals surface area contributed by atoms with Crippen LogP contribution in [0.4, 0.5) is 11.5 Å². The molecule has 1 N–H and O–H groups in total. The molecular weight excluding hydrogens is 442 g/mol. The molecule has 3 rings (SSSR count). The number of nitrogens with one attached hydrogen (secondary N) is 1. The van der Waals surface area contributed by atoms with Gasteiger partial charge in [-0.1, -0.05) is 60.7 Å². The number of pyridine rings is 1. The fourth-order valence-corrected chi connectivity index (χ4v) is 3.94. The van der Waals surface area contributed by atoms with Crippen molar-refractivity contribution >= 4 is 29.5 Å². The summed E-state index contributed by atoms with van der Waals surface area (Å²) in [6.07, 6.45) is 1.69. The summed E-state index contributed by atoms with van der Waals surface area (Å²) >= 11 is 0. The largest absolute Gasteiger partial charge is 0.464 e. The van der Waals surface area contributed by atoms with Crippen molar-refractivity contribution in [2.75, 3.05) is 37.5 Å². The summed E-state index contributed by atoms with van der Waals surface area (Å²) in [5.41, 5.74) is 4.36. The molecule has 0 aliphatic carbocycles. The maximum absolute atomic E-state index is 13.0. The lowest BCUT2D eigenvalue weighted by atomic mass is 9.97. The Morgan fingerprint density at radius 1 is 0.943 bits per heavy atom. The number of methoxy groups -OCH3 is 2. The summed E-state index contributed by atoms with van der Waals surface area (Å²) in [6, 6.07) is 19.1. The van der Waals surface area contributed by atoms with Crippen LogP contribution in [0.25, 0.3) is 17.2 Å². The second-order valence-electron chi connectivity index (χ2n) is 7.77. The third-order valence-corrected chi connectivity index (χ3v) is 5.70. The van der Waals surface area contributed by atoms with Crippen LogP contribution in [0.2, 0.25) is 0 Å². The van der Waals surface area contributed by atoms with E-state index in [1.54, 1.807) is 6.08 Å². The van der Waals surface area contributed by atoms with Crippen molar-refractivity contribution in [3.8, 4) is 11.1 Å². The molecule has 0 atom stereocenters. The number of benzene rings is 2. The number of aromatic nitrogens is 1. The van der Waals surface area contributed by atoms with Crippen LogP contribution in [0, 0.1) is 6.92 Å². The number of rotatable bonds is 9. The van der Waals surface area contributed by atoms with Crippen LogP contribution in [0.3, 0.4) is 0 Å². The van der Waals surface area contributed by atoms with Crippen molar-refractivity contribution in [1.29, 1.82) is 0 Å². The highest BCUT2D eigenvalue weighted by molar-refractivity contribution is 6.02. The highest BCUT2D eigenvalue weighted by atomic mass is 16.5. The van der Waals surface area contributed by atoms with Gasteiger partial charge in [0.15, 0.2) is 5.69 Å². The highest BCUT2D eigenvalue weighted by Gasteiger charge is 2.27. The Morgan fingerprint density at radius 3 is 2.09 bits per heavy atom. The van der Waals surface area contributed by atoms with Gasteiger partial charge in [-0.05, 0) is 38.0 Å². The molecule has 7 nitrogen and oxygen atoms in total. The van der Waals surface area contributed by atoms with Gasteiger partial charge in [-0.3, -0.25) is 0 Å². The maximum Gasteiger partial charge on any atom is 0.357 e. The van der Waals surface area contributed by atoms with E-state index >= 15 is 0 Å². The van der Waals surface area contributed by atoms with Crippen LogP contribution in [0.1, 0.15) is 35.5 Å². The van der Waals surface area contributed by atoms with Gasteiger partial charge >= 0.3 is 11.9 Å². The molecule has 7 heteroatoms. The van der Waals surface area contributed by atoms with E-state index < -0.39 is 11.9 Å². The lowest BCUT2D eigenvalue weighted by Crippen LogP contribution is -2.26. The number of hydrogen-bond donors (Lipinski definition) is 1. The quantitative estimate of drug-likeness (QED) is 0.333. The molecule has 35 heavy (non-hydrogen) atoms. The van der Waals surface area contributed by atoms with E-state index in [2.05, 4.69) is 29.0 Å². The van der Waals surface area contributed by atoms with E-state index in [1.165, 1.54) is 14.2 Å². The summed E-state index contributed by atoms with van der Waals surface area (Å²) in [7, 11) is 2.65. The average Bonchev–Trinajstić information content (AvgIpc) is 2.90. The number of hydrogen-bond acceptors (Lipinski definition) is 7. The number of ether oxygens (including phenoxy) is 2. The Hall–Kier alpha value is -4.13. The molecule has 0 saturated carbocycles. The van der Waals surface area contributed by atoms with E-state index in [1.807, 2.05) is 67.6 Å². The van der Waals surface area contributed by atoms with E-state index in [-0.39, 0.29) is 11.4 Å². The summed E-state index contributed by atoms with van der Waals surface area (Å²) in [4.78, 5) is 32.4. The molecular formula is C28H31N3O4. The standard InChI is InChI=1S/C28H31N3O4/c1-6-31(7-2)25-19(3)26(29-22(27(32)34-4)18-20-14-10-8-11-15-20)30-24(28(33)35-5)23(25)21-16-12-9-13-17-21/h8-18H,6-7H2,1-5H3,(H,29,30)/b22-18+. The first-order valence-electron chi connectivity index (χ1n) is 11.5. The van der Waals surface area contributed by atoms with Gasteiger partial charge in [-0.2, -0.15) is 0 Å². The molecule has 0 spiro atoms. The van der Waals surface area contributed by atoms with E-state index in [0.717, 1.165) is 22.4 Å². The third kappa shape index (κ3) is 5.69. The zero-order chi connectivity index (χ0) is 25.4. The fraction of sp³-hybridized carbons (Fsp3) is 0.250. The molecule has 0 aliphatic rings. The fourth-order valence-electron chi connectivity index (χ4n) is 3.94. The van der Waals surface area contributed by atoms with Crippen molar-refractivity contribution in [2.45, 2.75) is 20.8 Å². The molecule has 0 aliphatic heterocycles. The average molecular weight is 474 g/mol. The summed E-state index contributed by atoms with van der Waals surface area (Å²) < 4.78 is 10.1. The van der Waals surface area contributed by atoms with Gasteiger partial charge in [0.1, 0.15) is 11.5 Å². The summed E-state index contributed by atoms with van der Waals surface area (Å²) in [5.74, 6) is -0.738. The first kappa shape index (κ1) is 25.5. The van der Waals surface area contributed by atoms with E-state index in [0.29, 0.717) is 24.5 Å². The Bertz CT molecular complexity index is 1200. The zero-order valence-corrected chi connectivity index (χ0v) is 20.8. The first-order valence-corrected chi connectivity index (χ1v) is 11.5. The molecule has 0 amide bonds. The monoisotopic (exact) mass is 473 g/mol. The minimum Gasteiger partial charge on any atom is -0.464 e. The Balaban J connectivity index is 2.29. The van der Waals surface area contributed by atoms with E-state index in [9.17, 15) is 9.59 Å². The minimum absolute atomic E-state index is 0.164. The predicted molar refractivity (Wildman–Crippen MR) is 139 cm³/mol. The second kappa shape index (κ2) is 11.8. The maximum atomic E-state index is 13.0. The number of carbonyl (C=O) groups excluding carboxylic acids is 2. The van der Waals surface area contributed by atoms with Crippen LogP contribution in [0.5, 0.6) is 0 Å². The van der Waals surface area contributed by atoms with E-state index in [4.69, 9.17) is 9.47 Å². The molecule has 1 heterocycles. The molecule has 1 aromatic heterocycles.